The van der Waals surface area contributed by atoms with E-state index in [-0.39, 0.29) is 18.1 Å². The van der Waals surface area contributed by atoms with Crippen LogP contribution >= 0.6 is 0 Å². The molecule has 0 spiro atoms. The van der Waals surface area contributed by atoms with Gasteiger partial charge < -0.3 is 29.0 Å². The summed E-state index contributed by atoms with van der Waals surface area (Å²) in [5, 5.41) is 2.75. The number of hydrogen-bond donors (Lipinski definition) is 1. The van der Waals surface area contributed by atoms with Gasteiger partial charge in [0, 0.05) is 6.54 Å². The molecule has 0 fully saturated rings. The Bertz CT molecular complexity index is 1160. The van der Waals surface area contributed by atoms with Crippen molar-refractivity contribution in [1.29, 1.82) is 0 Å². The van der Waals surface area contributed by atoms with Crippen molar-refractivity contribution in [2.45, 2.75) is 13.0 Å². The Balaban J connectivity index is 1.22. The first-order chi connectivity index (χ1) is 17.1. The summed E-state index contributed by atoms with van der Waals surface area (Å²) in [5.41, 5.74) is 2.28. The molecule has 35 heavy (non-hydrogen) atoms. The third-order valence-electron chi connectivity index (χ3n) is 5.31. The van der Waals surface area contributed by atoms with Gasteiger partial charge in [-0.15, -0.1) is 0 Å². The Labute approximate surface area is 203 Å². The molecule has 0 atom stereocenters. The smallest absolute Gasteiger partial charge is 0.338 e. The fraction of sp³-hybridized carbons (Fsp3) is 0.259. The van der Waals surface area contributed by atoms with Crippen LogP contribution in [0.25, 0.3) is 0 Å². The molecular formula is C27H27NO7. The summed E-state index contributed by atoms with van der Waals surface area (Å²) in [6.07, 6.45) is 0.609. The molecule has 4 rings (SSSR count). The molecular weight excluding hydrogens is 450 g/mol. The van der Waals surface area contributed by atoms with Gasteiger partial charge in [0.2, 0.25) is 0 Å². The highest BCUT2D eigenvalue weighted by molar-refractivity contribution is 5.92. The van der Waals surface area contributed by atoms with Crippen molar-refractivity contribution >= 4 is 11.9 Å². The van der Waals surface area contributed by atoms with E-state index in [0.717, 1.165) is 16.9 Å². The highest BCUT2D eigenvalue weighted by Gasteiger charge is 2.15. The van der Waals surface area contributed by atoms with Crippen molar-refractivity contribution in [3.63, 3.8) is 0 Å². The fourth-order valence-electron chi connectivity index (χ4n) is 3.50. The zero-order valence-corrected chi connectivity index (χ0v) is 19.5. The van der Waals surface area contributed by atoms with Crippen molar-refractivity contribution in [1.82, 2.24) is 5.32 Å². The van der Waals surface area contributed by atoms with Crippen molar-refractivity contribution in [2.75, 3.05) is 33.5 Å². The molecule has 182 valence electrons. The van der Waals surface area contributed by atoms with Gasteiger partial charge in [0.25, 0.3) is 5.91 Å². The number of benzene rings is 3. The topological polar surface area (TPSA) is 92.3 Å². The summed E-state index contributed by atoms with van der Waals surface area (Å²) in [4.78, 5) is 24.5. The third kappa shape index (κ3) is 6.66. The van der Waals surface area contributed by atoms with Gasteiger partial charge in [-0.3, -0.25) is 4.79 Å². The molecule has 0 saturated heterocycles. The van der Waals surface area contributed by atoms with Crippen LogP contribution in [0.2, 0.25) is 0 Å². The lowest BCUT2D eigenvalue weighted by Gasteiger charge is -2.18. The number of fused-ring (bicyclic) bond motifs is 1. The molecule has 3 aromatic carbocycles. The van der Waals surface area contributed by atoms with E-state index in [1.165, 1.54) is 13.2 Å². The second-order valence-electron chi connectivity index (χ2n) is 7.79. The summed E-state index contributed by atoms with van der Waals surface area (Å²) in [5.74, 6) is 1.33. The van der Waals surface area contributed by atoms with Gasteiger partial charge in [0.15, 0.2) is 29.6 Å². The van der Waals surface area contributed by atoms with Crippen LogP contribution in [0.5, 0.6) is 23.0 Å². The molecule has 1 aliphatic heterocycles. The van der Waals surface area contributed by atoms with E-state index in [2.05, 4.69) is 5.32 Å². The molecule has 0 bridgehead atoms. The van der Waals surface area contributed by atoms with E-state index < -0.39 is 5.97 Å². The first-order valence-corrected chi connectivity index (χ1v) is 11.3. The number of hydrogen-bond acceptors (Lipinski definition) is 7. The minimum absolute atomic E-state index is 0.262. The third-order valence-corrected chi connectivity index (χ3v) is 5.31. The summed E-state index contributed by atoms with van der Waals surface area (Å²) in [6.45, 7) is 1.45. The number of methoxy groups -OCH3 is 1. The van der Waals surface area contributed by atoms with Crippen LogP contribution in [-0.4, -0.2) is 45.4 Å². The Kier molecular flexibility index (Phi) is 8.06. The molecule has 3 aromatic rings. The Hall–Kier alpha value is -4.20. The first-order valence-electron chi connectivity index (χ1n) is 11.3. The minimum atomic E-state index is -0.625. The molecule has 8 nitrogen and oxygen atoms in total. The second kappa shape index (κ2) is 11.8. The zero-order chi connectivity index (χ0) is 24.5. The van der Waals surface area contributed by atoms with E-state index in [0.29, 0.717) is 50.0 Å². The van der Waals surface area contributed by atoms with Crippen molar-refractivity contribution < 1.29 is 33.3 Å². The van der Waals surface area contributed by atoms with Crippen LogP contribution in [0.4, 0.5) is 0 Å². The van der Waals surface area contributed by atoms with Gasteiger partial charge in [-0.1, -0.05) is 36.4 Å². The Morgan fingerprint density at radius 2 is 1.69 bits per heavy atom. The summed E-state index contributed by atoms with van der Waals surface area (Å²) in [7, 11) is 1.50. The SMILES string of the molecule is COc1cc(C(=O)OCC(=O)NCCc2ccc3c(c2)OCCO3)ccc1OCc1ccccc1. The summed E-state index contributed by atoms with van der Waals surface area (Å²) >= 11 is 0. The molecule has 1 amide bonds. The highest BCUT2D eigenvalue weighted by atomic mass is 16.6. The van der Waals surface area contributed by atoms with Crippen LogP contribution in [0.1, 0.15) is 21.5 Å². The van der Waals surface area contributed by atoms with Gasteiger partial charge >= 0.3 is 5.97 Å². The molecule has 0 radical (unpaired) electrons. The van der Waals surface area contributed by atoms with Crippen LogP contribution < -0.4 is 24.3 Å². The number of rotatable bonds is 10. The predicted molar refractivity (Wildman–Crippen MR) is 128 cm³/mol. The molecule has 0 unspecified atom stereocenters. The lowest BCUT2D eigenvalue weighted by molar-refractivity contribution is -0.124. The monoisotopic (exact) mass is 477 g/mol. The number of carbonyl (C=O) groups is 2. The summed E-state index contributed by atoms with van der Waals surface area (Å²) in [6, 6.07) is 20.2. The molecule has 0 saturated carbocycles. The van der Waals surface area contributed by atoms with Crippen molar-refractivity contribution in [3.05, 3.63) is 83.4 Å². The standard InChI is InChI=1S/C27H27NO7/c1-31-24-16-21(8-10-22(24)34-17-20-5-3-2-4-6-20)27(30)35-18-26(29)28-12-11-19-7-9-23-25(15-19)33-14-13-32-23/h2-10,15-16H,11-14,17-18H2,1H3,(H,28,29). The summed E-state index contributed by atoms with van der Waals surface area (Å²) < 4.78 is 27.4. The molecule has 1 N–H and O–H groups in total. The van der Waals surface area contributed by atoms with Crippen LogP contribution in [0.15, 0.2) is 66.7 Å². The van der Waals surface area contributed by atoms with Gasteiger partial charge in [-0.05, 0) is 47.9 Å². The highest BCUT2D eigenvalue weighted by Crippen LogP contribution is 2.31. The van der Waals surface area contributed by atoms with E-state index in [1.807, 2.05) is 48.5 Å². The fourth-order valence-corrected chi connectivity index (χ4v) is 3.50. The Morgan fingerprint density at radius 3 is 2.49 bits per heavy atom. The van der Waals surface area contributed by atoms with Crippen molar-refractivity contribution in [3.8, 4) is 23.0 Å². The van der Waals surface area contributed by atoms with Gasteiger partial charge in [-0.2, -0.15) is 0 Å². The van der Waals surface area contributed by atoms with Gasteiger partial charge in [-0.25, -0.2) is 4.79 Å². The average Bonchev–Trinajstić information content (AvgIpc) is 2.91. The predicted octanol–water partition coefficient (Wildman–Crippen LogP) is 3.56. The lowest BCUT2D eigenvalue weighted by Crippen LogP contribution is -2.30. The maximum absolute atomic E-state index is 12.4. The number of carbonyl (C=O) groups excluding carboxylic acids is 2. The maximum Gasteiger partial charge on any atom is 0.338 e. The Morgan fingerprint density at radius 1 is 0.886 bits per heavy atom. The van der Waals surface area contributed by atoms with Gasteiger partial charge in [0.1, 0.15) is 19.8 Å². The van der Waals surface area contributed by atoms with Crippen molar-refractivity contribution in [2.24, 2.45) is 0 Å². The molecule has 0 aromatic heterocycles. The average molecular weight is 478 g/mol. The number of nitrogens with one attached hydrogen (secondary N) is 1. The molecule has 1 heterocycles. The minimum Gasteiger partial charge on any atom is -0.493 e. The van der Waals surface area contributed by atoms with Crippen LogP contribution in [-0.2, 0) is 22.6 Å². The zero-order valence-electron chi connectivity index (χ0n) is 19.5. The van der Waals surface area contributed by atoms with Gasteiger partial charge in [0.05, 0.1) is 12.7 Å². The quantitative estimate of drug-likeness (QED) is 0.447. The van der Waals surface area contributed by atoms with E-state index in [4.69, 9.17) is 23.7 Å². The molecule has 0 aliphatic carbocycles. The van der Waals surface area contributed by atoms with E-state index in [9.17, 15) is 9.59 Å². The number of esters is 1. The number of amides is 1. The van der Waals surface area contributed by atoms with Crippen LogP contribution in [0.3, 0.4) is 0 Å². The van der Waals surface area contributed by atoms with E-state index in [1.54, 1.807) is 12.1 Å². The van der Waals surface area contributed by atoms with Crippen LogP contribution in [0, 0.1) is 0 Å². The normalized spacial score (nSPS) is 11.9. The molecule has 8 heteroatoms. The second-order valence-corrected chi connectivity index (χ2v) is 7.79. The number of ether oxygens (including phenoxy) is 5. The first kappa shape index (κ1) is 23.9. The maximum atomic E-state index is 12.4. The largest absolute Gasteiger partial charge is 0.493 e. The van der Waals surface area contributed by atoms with E-state index >= 15 is 0 Å². The lowest BCUT2D eigenvalue weighted by atomic mass is 10.1. The molecule has 1 aliphatic rings.